The predicted molar refractivity (Wildman–Crippen MR) is 98.2 cm³/mol. The number of aryl methyl sites for hydroxylation is 1. The number of benzene rings is 1. The van der Waals surface area contributed by atoms with Crippen LogP contribution in [-0.4, -0.2) is 43.0 Å². The van der Waals surface area contributed by atoms with Gasteiger partial charge >= 0.3 is 0 Å². The van der Waals surface area contributed by atoms with E-state index in [-0.39, 0.29) is 5.91 Å². The summed E-state index contributed by atoms with van der Waals surface area (Å²) in [5.74, 6) is 0.686. The quantitative estimate of drug-likeness (QED) is 0.732. The standard InChI is InChI=1S/C19H26N4O/c1-15-5-7-16(8-6-15)13-22-19(24)17-9-10-18(21-14-17)20-11-4-12-23(2)3/h5-10,14H,4,11-13H2,1-3H3,(H,20,21)(H,22,24). The van der Waals surface area contributed by atoms with Crippen LogP contribution in [0.5, 0.6) is 0 Å². The molecule has 0 fully saturated rings. The number of hydrogen-bond acceptors (Lipinski definition) is 4. The average Bonchev–Trinajstić information content (AvgIpc) is 2.58. The summed E-state index contributed by atoms with van der Waals surface area (Å²) >= 11 is 0. The Hall–Kier alpha value is -2.40. The fourth-order valence-electron chi connectivity index (χ4n) is 2.23. The molecule has 0 spiro atoms. The number of pyridine rings is 1. The summed E-state index contributed by atoms with van der Waals surface area (Å²) < 4.78 is 0. The molecule has 0 bridgehead atoms. The Morgan fingerprint density at radius 2 is 1.88 bits per heavy atom. The molecule has 0 aliphatic rings. The van der Waals surface area contributed by atoms with Crippen molar-refractivity contribution in [3.8, 4) is 0 Å². The highest BCUT2D eigenvalue weighted by Gasteiger charge is 2.06. The third kappa shape index (κ3) is 6.01. The minimum atomic E-state index is -0.109. The molecule has 1 heterocycles. The van der Waals surface area contributed by atoms with E-state index in [1.165, 1.54) is 5.56 Å². The van der Waals surface area contributed by atoms with Gasteiger partial charge < -0.3 is 15.5 Å². The van der Waals surface area contributed by atoms with Crippen LogP contribution in [0.2, 0.25) is 0 Å². The van der Waals surface area contributed by atoms with Crippen molar-refractivity contribution < 1.29 is 4.79 Å². The van der Waals surface area contributed by atoms with Crippen molar-refractivity contribution in [3.63, 3.8) is 0 Å². The summed E-state index contributed by atoms with van der Waals surface area (Å²) in [6, 6.07) is 11.8. The normalized spacial score (nSPS) is 10.7. The van der Waals surface area contributed by atoms with E-state index in [0.29, 0.717) is 12.1 Å². The van der Waals surface area contributed by atoms with Crippen molar-refractivity contribution >= 4 is 11.7 Å². The minimum Gasteiger partial charge on any atom is -0.370 e. The third-order valence-electron chi connectivity index (χ3n) is 3.69. The van der Waals surface area contributed by atoms with Crippen LogP contribution >= 0.6 is 0 Å². The summed E-state index contributed by atoms with van der Waals surface area (Å²) in [7, 11) is 4.12. The SMILES string of the molecule is Cc1ccc(CNC(=O)c2ccc(NCCCN(C)C)nc2)cc1. The van der Waals surface area contributed by atoms with Crippen LogP contribution in [0.4, 0.5) is 5.82 Å². The molecule has 0 radical (unpaired) electrons. The van der Waals surface area contributed by atoms with Gasteiger partial charge in [0.25, 0.3) is 5.91 Å². The van der Waals surface area contributed by atoms with Gasteiger partial charge in [-0.1, -0.05) is 29.8 Å². The Labute approximate surface area is 144 Å². The number of amides is 1. The van der Waals surface area contributed by atoms with Gasteiger partial charge in [-0.25, -0.2) is 4.98 Å². The molecular formula is C19H26N4O. The van der Waals surface area contributed by atoms with Crippen molar-refractivity contribution in [2.24, 2.45) is 0 Å². The molecule has 1 aromatic carbocycles. The highest BCUT2D eigenvalue weighted by atomic mass is 16.1. The smallest absolute Gasteiger partial charge is 0.253 e. The van der Waals surface area contributed by atoms with Crippen LogP contribution in [-0.2, 0) is 6.54 Å². The van der Waals surface area contributed by atoms with E-state index >= 15 is 0 Å². The molecule has 5 nitrogen and oxygen atoms in total. The topological polar surface area (TPSA) is 57.3 Å². The number of hydrogen-bond donors (Lipinski definition) is 2. The molecule has 0 unspecified atom stereocenters. The summed E-state index contributed by atoms with van der Waals surface area (Å²) in [5, 5.41) is 6.17. The Morgan fingerprint density at radius 1 is 1.12 bits per heavy atom. The second kappa shape index (κ2) is 9.03. The van der Waals surface area contributed by atoms with Crippen LogP contribution in [0.1, 0.15) is 27.9 Å². The van der Waals surface area contributed by atoms with Crippen LogP contribution in [0.25, 0.3) is 0 Å². The number of carbonyl (C=O) groups is 1. The third-order valence-corrected chi connectivity index (χ3v) is 3.69. The van der Waals surface area contributed by atoms with Gasteiger partial charge in [0.15, 0.2) is 0 Å². The van der Waals surface area contributed by atoms with E-state index in [2.05, 4.69) is 34.6 Å². The molecule has 24 heavy (non-hydrogen) atoms. The second-order valence-electron chi connectivity index (χ2n) is 6.18. The summed E-state index contributed by atoms with van der Waals surface area (Å²) in [5.41, 5.74) is 2.87. The largest absolute Gasteiger partial charge is 0.370 e. The number of anilines is 1. The molecule has 0 saturated carbocycles. The van der Waals surface area contributed by atoms with E-state index in [4.69, 9.17) is 0 Å². The zero-order valence-electron chi connectivity index (χ0n) is 14.7. The second-order valence-corrected chi connectivity index (χ2v) is 6.18. The molecule has 1 amide bonds. The lowest BCUT2D eigenvalue weighted by atomic mass is 10.1. The molecule has 0 atom stereocenters. The maximum absolute atomic E-state index is 12.2. The zero-order valence-corrected chi connectivity index (χ0v) is 14.7. The number of nitrogens with one attached hydrogen (secondary N) is 2. The van der Waals surface area contributed by atoms with E-state index in [0.717, 1.165) is 30.9 Å². The lowest BCUT2D eigenvalue weighted by Crippen LogP contribution is -2.23. The summed E-state index contributed by atoms with van der Waals surface area (Å²) in [4.78, 5) is 18.6. The van der Waals surface area contributed by atoms with Crippen molar-refractivity contribution in [1.29, 1.82) is 0 Å². The average molecular weight is 326 g/mol. The zero-order chi connectivity index (χ0) is 17.4. The minimum absolute atomic E-state index is 0.109. The number of aromatic nitrogens is 1. The highest BCUT2D eigenvalue weighted by molar-refractivity contribution is 5.93. The van der Waals surface area contributed by atoms with Crippen LogP contribution in [0, 0.1) is 6.92 Å². The fourth-order valence-corrected chi connectivity index (χ4v) is 2.23. The lowest BCUT2D eigenvalue weighted by Gasteiger charge is -2.10. The molecular weight excluding hydrogens is 300 g/mol. The first-order valence-electron chi connectivity index (χ1n) is 8.23. The van der Waals surface area contributed by atoms with Gasteiger partial charge in [0, 0.05) is 19.3 Å². The van der Waals surface area contributed by atoms with Gasteiger partial charge in [0.05, 0.1) is 5.56 Å². The lowest BCUT2D eigenvalue weighted by molar-refractivity contribution is 0.0950. The molecule has 2 rings (SSSR count). The molecule has 5 heteroatoms. The molecule has 2 N–H and O–H groups in total. The van der Waals surface area contributed by atoms with Gasteiger partial charge in [-0.3, -0.25) is 4.79 Å². The van der Waals surface area contributed by atoms with Crippen molar-refractivity contribution in [2.75, 3.05) is 32.5 Å². The first kappa shape index (κ1) is 17.9. The van der Waals surface area contributed by atoms with E-state index in [1.807, 2.05) is 37.3 Å². The van der Waals surface area contributed by atoms with Gasteiger partial charge in [-0.15, -0.1) is 0 Å². The Morgan fingerprint density at radius 3 is 2.50 bits per heavy atom. The molecule has 2 aromatic rings. The summed E-state index contributed by atoms with van der Waals surface area (Å²) in [6.45, 7) is 4.46. The van der Waals surface area contributed by atoms with Crippen LogP contribution in [0.3, 0.4) is 0 Å². The predicted octanol–water partition coefficient (Wildman–Crippen LogP) is 2.68. The maximum Gasteiger partial charge on any atom is 0.253 e. The van der Waals surface area contributed by atoms with Crippen LogP contribution in [0.15, 0.2) is 42.6 Å². The fraction of sp³-hybridized carbons (Fsp3) is 0.368. The first-order chi connectivity index (χ1) is 11.5. The Balaban J connectivity index is 1.79. The molecule has 1 aromatic heterocycles. The van der Waals surface area contributed by atoms with E-state index in [1.54, 1.807) is 12.3 Å². The Kier molecular flexibility index (Phi) is 6.75. The van der Waals surface area contributed by atoms with E-state index < -0.39 is 0 Å². The molecule has 0 saturated heterocycles. The van der Waals surface area contributed by atoms with Crippen LogP contribution < -0.4 is 10.6 Å². The first-order valence-corrected chi connectivity index (χ1v) is 8.23. The van der Waals surface area contributed by atoms with Gasteiger partial charge in [0.1, 0.15) is 5.82 Å². The highest BCUT2D eigenvalue weighted by Crippen LogP contribution is 2.07. The monoisotopic (exact) mass is 326 g/mol. The Bertz CT molecular complexity index is 635. The number of nitrogens with zero attached hydrogens (tertiary/aromatic N) is 2. The van der Waals surface area contributed by atoms with E-state index in [9.17, 15) is 4.79 Å². The van der Waals surface area contributed by atoms with Crippen molar-refractivity contribution in [3.05, 3.63) is 59.3 Å². The van der Waals surface area contributed by atoms with Crippen molar-refractivity contribution in [2.45, 2.75) is 19.9 Å². The molecule has 0 aliphatic heterocycles. The maximum atomic E-state index is 12.2. The van der Waals surface area contributed by atoms with Gasteiger partial charge in [-0.2, -0.15) is 0 Å². The van der Waals surface area contributed by atoms with Gasteiger partial charge in [0.2, 0.25) is 0 Å². The number of carbonyl (C=O) groups excluding carboxylic acids is 1. The molecule has 128 valence electrons. The molecule has 0 aliphatic carbocycles. The van der Waals surface area contributed by atoms with Crippen molar-refractivity contribution in [1.82, 2.24) is 15.2 Å². The summed E-state index contributed by atoms with van der Waals surface area (Å²) in [6.07, 6.45) is 2.66. The van der Waals surface area contributed by atoms with Gasteiger partial charge in [-0.05, 0) is 51.7 Å². The number of rotatable bonds is 8.